The Morgan fingerprint density at radius 2 is 1.47 bits per heavy atom. The minimum atomic E-state index is -1.33. The summed E-state index contributed by atoms with van der Waals surface area (Å²) >= 11 is 31.2. The number of carbonyl (C=O) groups is 2. The van der Waals surface area contributed by atoms with Gasteiger partial charge >= 0.3 is 0 Å². The van der Waals surface area contributed by atoms with Crippen LogP contribution in [0, 0.1) is 5.92 Å². The highest BCUT2D eigenvalue weighted by atomic mass is 35.5. The van der Waals surface area contributed by atoms with Crippen molar-refractivity contribution in [1.29, 1.82) is 0 Å². The molecule has 2 atom stereocenters. The molecule has 2 unspecified atom stereocenters. The van der Waals surface area contributed by atoms with Crippen LogP contribution in [0.1, 0.15) is 21.8 Å². The number of anilines is 2. The number of benzene rings is 3. The van der Waals surface area contributed by atoms with Gasteiger partial charge in [0.05, 0.1) is 16.5 Å². The van der Waals surface area contributed by atoms with Crippen molar-refractivity contribution >= 4 is 81.2 Å². The second kappa shape index (κ2) is 10.8. The molecule has 0 spiro atoms. The van der Waals surface area contributed by atoms with Gasteiger partial charge in [-0.1, -0.05) is 59.6 Å². The van der Waals surface area contributed by atoms with Crippen molar-refractivity contribution in [3.05, 3.63) is 105 Å². The number of nitrogens with one attached hydrogen (secondary N) is 4. The van der Waals surface area contributed by atoms with Crippen LogP contribution in [-0.4, -0.2) is 16.1 Å². The summed E-state index contributed by atoms with van der Waals surface area (Å²) < 4.78 is -1.33. The predicted molar refractivity (Wildman–Crippen MR) is 147 cm³/mol. The summed E-state index contributed by atoms with van der Waals surface area (Å²) in [5.74, 6) is -1.87. The maximum absolute atomic E-state index is 13.0. The molecule has 3 aromatic carbocycles. The van der Waals surface area contributed by atoms with Crippen molar-refractivity contribution in [2.45, 2.75) is 10.3 Å². The minimum absolute atomic E-state index is 0.131. The Balaban J connectivity index is 1.40. The van der Waals surface area contributed by atoms with Gasteiger partial charge in [-0.15, -0.1) is 23.2 Å². The summed E-state index contributed by atoms with van der Waals surface area (Å²) in [6.45, 7) is 3.81. The maximum Gasteiger partial charge on any atom is 0.271 e. The molecule has 1 saturated carbocycles. The molecule has 186 valence electrons. The Morgan fingerprint density at radius 1 is 0.806 bits per heavy atom. The zero-order chi connectivity index (χ0) is 26.0. The van der Waals surface area contributed by atoms with Gasteiger partial charge in [-0.25, -0.2) is 0 Å². The molecule has 2 amide bonds. The van der Waals surface area contributed by atoms with Gasteiger partial charge in [0, 0.05) is 27.3 Å². The van der Waals surface area contributed by atoms with E-state index in [1.165, 1.54) is 12.1 Å². The second-order valence-electron chi connectivity index (χ2n) is 8.07. The average molecular weight is 585 g/mol. The Morgan fingerprint density at radius 3 is 2.14 bits per heavy atom. The third kappa shape index (κ3) is 6.02. The molecule has 4 N–H and O–H groups in total. The molecule has 1 fully saturated rings. The quantitative estimate of drug-likeness (QED) is 0.170. The molecule has 1 aliphatic rings. The first-order valence-electron chi connectivity index (χ1n) is 10.6. The average Bonchev–Trinajstić information content (AvgIpc) is 3.41. The molecule has 0 saturated heterocycles. The van der Waals surface area contributed by atoms with Crippen LogP contribution in [-0.2, 0) is 4.79 Å². The molecule has 3 aromatic rings. The maximum atomic E-state index is 13.0. The largest absolute Gasteiger partial charge is 0.341 e. The van der Waals surface area contributed by atoms with Crippen LogP contribution < -0.4 is 21.5 Å². The van der Waals surface area contributed by atoms with Crippen LogP contribution >= 0.6 is 58.0 Å². The van der Waals surface area contributed by atoms with E-state index in [-0.39, 0.29) is 10.6 Å². The van der Waals surface area contributed by atoms with Crippen molar-refractivity contribution in [1.82, 2.24) is 10.9 Å². The van der Waals surface area contributed by atoms with Gasteiger partial charge in [0.1, 0.15) is 10.2 Å². The lowest BCUT2D eigenvalue weighted by Crippen LogP contribution is -2.38. The third-order valence-corrected chi connectivity index (χ3v) is 7.16. The predicted octanol–water partition coefficient (Wildman–Crippen LogP) is 6.99. The SMILES string of the molecule is C=C(NNC(=O)c1cc(NC(=O)C2C(c3cc(Cl)cc(Cl)c3)C2(Cl)Cl)ccc1Cl)Nc1ccccc1. The molecule has 0 bridgehead atoms. The van der Waals surface area contributed by atoms with Crippen LogP contribution in [0.15, 0.2) is 79.1 Å². The van der Waals surface area contributed by atoms with Crippen molar-refractivity contribution in [2.75, 3.05) is 10.6 Å². The van der Waals surface area contributed by atoms with Gasteiger partial charge in [-0.2, -0.15) is 0 Å². The van der Waals surface area contributed by atoms with E-state index in [4.69, 9.17) is 58.0 Å². The second-order valence-corrected chi connectivity index (χ2v) is 10.8. The van der Waals surface area contributed by atoms with Gasteiger partial charge in [0.15, 0.2) is 0 Å². The zero-order valence-electron chi connectivity index (χ0n) is 18.4. The lowest BCUT2D eigenvalue weighted by Gasteiger charge is -2.14. The van der Waals surface area contributed by atoms with Gasteiger partial charge in [-0.05, 0) is 54.1 Å². The molecular weight excluding hydrogens is 566 g/mol. The van der Waals surface area contributed by atoms with Crippen LogP contribution in [0.25, 0.3) is 0 Å². The van der Waals surface area contributed by atoms with Crippen LogP contribution in [0.3, 0.4) is 0 Å². The first-order valence-corrected chi connectivity index (χ1v) is 12.5. The lowest BCUT2D eigenvalue weighted by atomic mass is 10.1. The van der Waals surface area contributed by atoms with Gasteiger partial charge in [-0.3, -0.25) is 20.4 Å². The van der Waals surface area contributed by atoms with Crippen molar-refractivity contribution in [3.63, 3.8) is 0 Å². The molecule has 4 rings (SSSR count). The lowest BCUT2D eigenvalue weighted by molar-refractivity contribution is -0.117. The van der Waals surface area contributed by atoms with E-state index in [1.807, 2.05) is 30.3 Å². The molecule has 0 aromatic heterocycles. The number of carbonyl (C=O) groups excluding carboxylic acids is 2. The summed E-state index contributed by atoms with van der Waals surface area (Å²) in [5.41, 5.74) is 7.12. The third-order valence-electron chi connectivity index (χ3n) is 5.45. The molecule has 11 heteroatoms. The summed E-state index contributed by atoms with van der Waals surface area (Å²) in [4.78, 5) is 25.7. The van der Waals surface area contributed by atoms with Crippen LogP contribution in [0.5, 0.6) is 0 Å². The fourth-order valence-corrected chi connectivity index (χ4v) is 5.32. The first-order chi connectivity index (χ1) is 17.1. The first kappa shape index (κ1) is 26.5. The molecule has 0 heterocycles. The number of para-hydroxylation sites is 1. The summed E-state index contributed by atoms with van der Waals surface area (Å²) in [7, 11) is 0. The van der Waals surface area contributed by atoms with Crippen molar-refractivity contribution in [3.8, 4) is 0 Å². The van der Waals surface area contributed by atoms with Crippen molar-refractivity contribution < 1.29 is 9.59 Å². The molecule has 6 nitrogen and oxygen atoms in total. The number of halogens is 5. The smallest absolute Gasteiger partial charge is 0.271 e. The van der Waals surface area contributed by atoms with Gasteiger partial charge in [0.2, 0.25) is 5.91 Å². The highest BCUT2D eigenvalue weighted by Gasteiger charge is 2.67. The normalized spacial score (nSPS) is 17.6. The fraction of sp³-hybridized carbons (Fsp3) is 0.120. The van der Waals surface area contributed by atoms with Gasteiger partial charge in [0.25, 0.3) is 5.91 Å². The Hall–Kier alpha value is -2.61. The molecule has 0 radical (unpaired) electrons. The number of alkyl halides is 2. The summed E-state index contributed by atoms with van der Waals surface area (Å²) in [5, 5.41) is 6.76. The van der Waals surface area contributed by atoms with E-state index in [1.54, 1.807) is 24.3 Å². The van der Waals surface area contributed by atoms with E-state index >= 15 is 0 Å². The van der Waals surface area contributed by atoms with Crippen LogP contribution in [0.4, 0.5) is 11.4 Å². The highest BCUT2D eigenvalue weighted by Crippen LogP contribution is 2.65. The van der Waals surface area contributed by atoms with Crippen LogP contribution in [0.2, 0.25) is 15.1 Å². The monoisotopic (exact) mass is 582 g/mol. The van der Waals surface area contributed by atoms with E-state index in [0.29, 0.717) is 27.1 Å². The zero-order valence-corrected chi connectivity index (χ0v) is 22.2. The molecule has 36 heavy (non-hydrogen) atoms. The fourth-order valence-electron chi connectivity index (χ4n) is 3.75. The Kier molecular flexibility index (Phi) is 7.93. The molecule has 1 aliphatic carbocycles. The number of hydrogen-bond donors (Lipinski definition) is 4. The topological polar surface area (TPSA) is 82.3 Å². The molecular formula is C25H19Cl5N4O2. The standard InChI is InChI=1S/C25H19Cl5N4O2/c1-13(31-17-5-3-2-4-6-17)33-34-23(35)19-12-18(7-8-20(19)28)32-24(36)22-21(25(22,29)30)14-9-15(26)11-16(27)10-14/h2-12,21-22,31,33H,1H2,(H,32,36)(H,34,35). The van der Waals surface area contributed by atoms with E-state index in [9.17, 15) is 9.59 Å². The summed E-state index contributed by atoms with van der Waals surface area (Å²) in [6, 6.07) is 18.7. The number of hydrazine groups is 1. The number of rotatable bonds is 8. The van der Waals surface area contributed by atoms with Crippen molar-refractivity contribution in [2.24, 2.45) is 5.92 Å². The Bertz CT molecular complexity index is 1310. The Labute approximate surface area is 232 Å². The van der Waals surface area contributed by atoms with E-state index in [2.05, 4.69) is 28.1 Å². The van der Waals surface area contributed by atoms with E-state index < -0.39 is 28.0 Å². The highest BCUT2D eigenvalue weighted by molar-refractivity contribution is 6.53. The minimum Gasteiger partial charge on any atom is -0.341 e. The van der Waals surface area contributed by atoms with Gasteiger partial charge < -0.3 is 10.6 Å². The number of amides is 2. The summed E-state index contributed by atoms with van der Waals surface area (Å²) in [6.07, 6.45) is 0. The number of hydrogen-bond acceptors (Lipinski definition) is 4. The van der Waals surface area contributed by atoms with E-state index in [0.717, 1.165) is 5.69 Å². The molecule has 0 aliphatic heterocycles.